The maximum atomic E-state index is 12.4. The van der Waals surface area contributed by atoms with Crippen LogP contribution >= 0.6 is 0 Å². The van der Waals surface area contributed by atoms with E-state index in [0.717, 1.165) is 4.31 Å². The van der Waals surface area contributed by atoms with E-state index in [4.69, 9.17) is 9.84 Å². The topological polar surface area (TPSA) is 83.9 Å². The molecule has 1 aromatic carbocycles. The Morgan fingerprint density at radius 1 is 1.37 bits per heavy atom. The number of carboxylic acid groups (broad SMARTS) is 1. The highest BCUT2D eigenvalue weighted by atomic mass is 32.2. The summed E-state index contributed by atoms with van der Waals surface area (Å²) in [5.41, 5.74) is -1.54. The number of rotatable bonds is 5. The van der Waals surface area contributed by atoms with E-state index in [0.29, 0.717) is 5.75 Å². The summed E-state index contributed by atoms with van der Waals surface area (Å²) in [6, 6.07) is 5.89. The number of likely N-dealkylation sites (N-methyl/N-ethyl adjacent to an activating group) is 1. The Kier molecular flexibility index (Phi) is 4.21. The van der Waals surface area contributed by atoms with Gasteiger partial charge in [0, 0.05) is 13.1 Å². The molecule has 106 valence electrons. The Hall–Kier alpha value is -1.60. The summed E-state index contributed by atoms with van der Waals surface area (Å²) in [6.07, 6.45) is 0. The second kappa shape index (κ2) is 5.18. The fourth-order valence-electron chi connectivity index (χ4n) is 1.35. The van der Waals surface area contributed by atoms with Crippen molar-refractivity contribution in [2.75, 3.05) is 14.2 Å². The molecule has 0 heterocycles. The zero-order chi connectivity index (χ0) is 14.8. The molecule has 6 nitrogen and oxygen atoms in total. The van der Waals surface area contributed by atoms with Gasteiger partial charge in [-0.25, -0.2) is 8.42 Å². The van der Waals surface area contributed by atoms with Gasteiger partial charge in [-0.3, -0.25) is 4.79 Å². The molecule has 1 aromatic rings. The fourth-order valence-corrected chi connectivity index (χ4v) is 2.87. The van der Waals surface area contributed by atoms with E-state index < -0.39 is 21.5 Å². The SMILES string of the molecule is COc1cccc(S(=O)(=O)N(C)C(C)(C)C(=O)O)c1. The molecule has 0 saturated heterocycles. The van der Waals surface area contributed by atoms with Crippen LogP contribution in [0.25, 0.3) is 0 Å². The van der Waals surface area contributed by atoms with Gasteiger partial charge in [-0.05, 0) is 26.0 Å². The maximum absolute atomic E-state index is 12.4. The van der Waals surface area contributed by atoms with Gasteiger partial charge in [0.25, 0.3) is 0 Å². The van der Waals surface area contributed by atoms with Crippen LogP contribution in [0.5, 0.6) is 5.75 Å². The summed E-state index contributed by atoms with van der Waals surface area (Å²) in [4.78, 5) is 11.1. The summed E-state index contributed by atoms with van der Waals surface area (Å²) < 4.78 is 30.5. The predicted molar refractivity (Wildman–Crippen MR) is 69.7 cm³/mol. The number of aliphatic carboxylic acids is 1. The third-order valence-electron chi connectivity index (χ3n) is 3.01. The van der Waals surface area contributed by atoms with Gasteiger partial charge in [-0.2, -0.15) is 4.31 Å². The van der Waals surface area contributed by atoms with E-state index in [1.807, 2.05) is 0 Å². The van der Waals surface area contributed by atoms with Gasteiger partial charge in [-0.1, -0.05) is 6.07 Å². The first-order chi connectivity index (χ1) is 8.64. The number of ether oxygens (including phenoxy) is 1. The minimum absolute atomic E-state index is 0.0105. The van der Waals surface area contributed by atoms with Crippen molar-refractivity contribution in [2.24, 2.45) is 0 Å². The number of hydrogen-bond acceptors (Lipinski definition) is 4. The van der Waals surface area contributed by atoms with Crippen LogP contribution in [0.2, 0.25) is 0 Å². The largest absolute Gasteiger partial charge is 0.497 e. The van der Waals surface area contributed by atoms with Crippen molar-refractivity contribution in [3.63, 3.8) is 0 Å². The minimum Gasteiger partial charge on any atom is -0.497 e. The van der Waals surface area contributed by atoms with Crippen LogP contribution < -0.4 is 4.74 Å². The van der Waals surface area contributed by atoms with Crippen molar-refractivity contribution in [1.29, 1.82) is 0 Å². The molecule has 0 aromatic heterocycles. The molecule has 1 rings (SSSR count). The van der Waals surface area contributed by atoms with E-state index >= 15 is 0 Å². The lowest BCUT2D eigenvalue weighted by molar-refractivity contribution is -0.145. The van der Waals surface area contributed by atoms with E-state index in [2.05, 4.69) is 0 Å². The quantitative estimate of drug-likeness (QED) is 0.879. The summed E-state index contributed by atoms with van der Waals surface area (Å²) in [7, 11) is -1.24. The van der Waals surface area contributed by atoms with Crippen molar-refractivity contribution in [2.45, 2.75) is 24.3 Å². The Labute approximate surface area is 112 Å². The van der Waals surface area contributed by atoms with E-state index in [9.17, 15) is 13.2 Å². The Morgan fingerprint density at radius 3 is 2.42 bits per heavy atom. The molecule has 0 atom stereocenters. The first-order valence-electron chi connectivity index (χ1n) is 5.50. The monoisotopic (exact) mass is 287 g/mol. The van der Waals surface area contributed by atoms with Crippen LogP contribution in [0.3, 0.4) is 0 Å². The van der Waals surface area contributed by atoms with Gasteiger partial charge in [0.15, 0.2) is 0 Å². The number of hydrogen-bond donors (Lipinski definition) is 1. The van der Waals surface area contributed by atoms with Gasteiger partial charge in [0.2, 0.25) is 10.0 Å². The average molecular weight is 287 g/mol. The van der Waals surface area contributed by atoms with Crippen LogP contribution in [0, 0.1) is 0 Å². The van der Waals surface area contributed by atoms with E-state index in [-0.39, 0.29) is 4.90 Å². The zero-order valence-electron chi connectivity index (χ0n) is 11.2. The first-order valence-corrected chi connectivity index (χ1v) is 6.94. The van der Waals surface area contributed by atoms with Crippen LogP contribution in [0.4, 0.5) is 0 Å². The first kappa shape index (κ1) is 15.5. The molecule has 0 aliphatic heterocycles. The lowest BCUT2D eigenvalue weighted by Crippen LogP contribution is -2.50. The summed E-state index contributed by atoms with van der Waals surface area (Å²) in [5, 5.41) is 9.09. The number of methoxy groups -OCH3 is 1. The molecule has 0 saturated carbocycles. The normalized spacial score (nSPS) is 12.5. The van der Waals surface area contributed by atoms with Crippen LogP contribution in [-0.2, 0) is 14.8 Å². The molecular weight excluding hydrogens is 270 g/mol. The van der Waals surface area contributed by atoms with Gasteiger partial charge in [-0.15, -0.1) is 0 Å². The van der Waals surface area contributed by atoms with Crippen molar-refractivity contribution in [1.82, 2.24) is 4.31 Å². The minimum atomic E-state index is -3.90. The molecule has 0 aliphatic carbocycles. The Balaban J connectivity index is 3.27. The average Bonchev–Trinajstić information content (AvgIpc) is 2.37. The summed E-state index contributed by atoms with van der Waals surface area (Å²) in [6.45, 7) is 2.65. The van der Waals surface area contributed by atoms with Crippen LogP contribution in [0.1, 0.15) is 13.8 Å². The van der Waals surface area contributed by atoms with Crippen LogP contribution in [0.15, 0.2) is 29.2 Å². The highest BCUT2D eigenvalue weighted by Gasteiger charge is 2.40. The van der Waals surface area contributed by atoms with Gasteiger partial charge >= 0.3 is 5.97 Å². The lowest BCUT2D eigenvalue weighted by Gasteiger charge is -2.30. The summed E-state index contributed by atoms with van der Waals surface area (Å²) >= 11 is 0. The van der Waals surface area contributed by atoms with Gasteiger partial charge in [0.05, 0.1) is 12.0 Å². The molecule has 0 amide bonds. The van der Waals surface area contributed by atoms with Crippen molar-refractivity contribution in [3.8, 4) is 5.75 Å². The second-order valence-electron chi connectivity index (χ2n) is 4.52. The number of carboxylic acids is 1. The lowest BCUT2D eigenvalue weighted by atomic mass is 10.1. The molecule has 19 heavy (non-hydrogen) atoms. The van der Waals surface area contributed by atoms with E-state index in [1.165, 1.54) is 46.2 Å². The number of carbonyl (C=O) groups is 1. The number of sulfonamides is 1. The van der Waals surface area contributed by atoms with Gasteiger partial charge in [0.1, 0.15) is 11.3 Å². The van der Waals surface area contributed by atoms with Crippen LogP contribution in [-0.4, -0.2) is 43.5 Å². The Morgan fingerprint density at radius 2 is 1.95 bits per heavy atom. The van der Waals surface area contributed by atoms with Crippen molar-refractivity contribution >= 4 is 16.0 Å². The predicted octanol–water partition coefficient (Wildman–Crippen LogP) is 1.18. The highest BCUT2D eigenvalue weighted by Crippen LogP contribution is 2.25. The molecule has 1 N–H and O–H groups in total. The van der Waals surface area contributed by atoms with E-state index in [1.54, 1.807) is 6.07 Å². The van der Waals surface area contributed by atoms with Crippen molar-refractivity contribution < 1.29 is 23.1 Å². The maximum Gasteiger partial charge on any atom is 0.324 e. The Bertz CT molecular complexity index is 580. The zero-order valence-corrected chi connectivity index (χ0v) is 12.1. The third kappa shape index (κ3) is 2.87. The molecule has 0 radical (unpaired) electrons. The smallest absolute Gasteiger partial charge is 0.324 e. The highest BCUT2D eigenvalue weighted by molar-refractivity contribution is 7.89. The van der Waals surface area contributed by atoms with Crippen molar-refractivity contribution in [3.05, 3.63) is 24.3 Å². The number of nitrogens with zero attached hydrogens (tertiary/aromatic N) is 1. The molecule has 7 heteroatoms. The summed E-state index contributed by atoms with van der Waals surface area (Å²) in [5.74, 6) is -0.830. The molecule has 0 unspecified atom stereocenters. The fraction of sp³-hybridized carbons (Fsp3) is 0.417. The molecular formula is C12H17NO5S. The van der Waals surface area contributed by atoms with Gasteiger partial charge < -0.3 is 9.84 Å². The molecule has 0 fully saturated rings. The second-order valence-corrected chi connectivity index (χ2v) is 6.48. The number of benzene rings is 1. The standard InChI is InChI=1S/C12H17NO5S/c1-12(2,11(14)15)13(3)19(16,17)10-7-5-6-9(8-10)18-4/h5-8H,1-4H3,(H,14,15). The third-order valence-corrected chi connectivity index (χ3v) is 5.04. The molecule has 0 bridgehead atoms. The molecule has 0 spiro atoms. The molecule has 0 aliphatic rings.